The van der Waals surface area contributed by atoms with Gasteiger partial charge in [0, 0.05) is 6.54 Å². The van der Waals surface area contributed by atoms with Gasteiger partial charge in [-0.1, -0.05) is 13.8 Å². The van der Waals surface area contributed by atoms with Crippen molar-refractivity contribution in [2.24, 2.45) is 5.92 Å². The highest BCUT2D eigenvalue weighted by molar-refractivity contribution is 7.89. The highest BCUT2D eigenvalue weighted by Crippen LogP contribution is 2.19. The summed E-state index contributed by atoms with van der Waals surface area (Å²) in [6, 6.07) is 0. The maximum atomic E-state index is 12.1. The van der Waals surface area contributed by atoms with Crippen LogP contribution in [0, 0.1) is 5.92 Å². The van der Waals surface area contributed by atoms with Crippen LogP contribution in [0.4, 0.5) is 13.2 Å². The molecule has 0 fully saturated rings. The summed E-state index contributed by atoms with van der Waals surface area (Å²) in [5.41, 5.74) is 0. The van der Waals surface area contributed by atoms with Crippen molar-refractivity contribution in [1.82, 2.24) is 4.31 Å². The van der Waals surface area contributed by atoms with E-state index in [1.54, 1.807) is 13.8 Å². The van der Waals surface area contributed by atoms with Crippen molar-refractivity contribution >= 4 is 10.0 Å². The quantitative estimate of drug-likeness (QED) is 0.772. The number of aliphatic hydroxyl groups is 1. The molecule has 1 N–H and O–H groups in total. The second-order valence-corrected chi connectivity index (χ2v) is 5.86. The van der Waals surface area contributed by atoms with Gasteiger partial charge in [0.25, 0.3) is 0 Å². The average molecular weight is 263 g/mol. The molecule has 0 saturated heterocycles. The van der Waals surface area contributed by atoms with Crippen LogP contribution in [-0.2, 0) is 10.0 Å². The molecule has 0 aliphatic carbocycles. The van der Waals surface area contributed by atoms with Gasteiger partial charge in [0.05, 0.1) is 12.4 Å². The van der Waals surface area contributed by atoms with E-state index in [2.05, 4.69) is 0 Å². The smallest absolute Gasteiger partial charge is 0.395 e. The first-order chi connectivity index (χ1) is 7.08. The number of hydrogen-bond acceptors (Lipinski definition) is 3. The van der Waals surface area contributed by atoms with Crippen molar-refractivity contribution < 1.29 is 26.7 Å². The number of aliphatic hydroxyl groups excluding tert-OH is 1. The molecule has 0 aromatic carbocycles. The van der Waals surface area contributed by atoms with E-state index in [-0.39, 0.29) is 16.0 Å². The summed E-state index contributed by atoms with van der Waals surface area (Å²) in [4.78, 5) is 0. The van der Waals surface area contributed by atoms with E-state index in [1.807, 2.05) is 0 Å². The molecule has 0 atom stereocenters. The van der Waals surface area contributed by atoms with Crippen LogP contribution in [0.25, 0.3) is 0 Å². The van der Waals surface area contributed by atoms with Crippen molar-refractivity contribution in [3.8, 4) is 0 Å². The molecule has 0 unspecified atom stereocenters. The lowest BCUT2D eigenvalue weighted by molar-refractivity contribution is -0.136. The van der Waals surface area contributed by atoms with Crippen molar-refractivity contribution in [1.29, 1.82) is 0 Å². The van der Waals surface area contributed by atoms with Crippen molar-refractivity contribution in [3.63, 3.8) is 0 Å². The van der Waals surface area contributed by atoms with E-state index in [9.17, 15) is 21.6 Å². The van der Waals surface area contributed by atoms with Crippen molar-refractivity contribution in [2.45, 2.75) is 20.0 Å². The maximum Gasteiger partial charge on any atom is 0.402 e. The molecule has 98 valence electrons. The Balaban J connectivity index is 4.77. The van der Waals surface area contributed by atoms with Crippen LogP contribution in [0.3, 0.4) is 0 Å². The largest absolute Gasteiger partial charge is 0.402 e. The Bertz CT molecular complexity index is 300. The third-order valence-electron chi connectivity index (χ3n) is 1.64. The summed E-state index contributed by atoms with van der Waals surface area (Å²) in [6.45, 7) is 0.481. The highest BCUT2D eigenvalue weighted by Gasteiger charge is 2.36. The van der Waals surface area contributed by atoms with Crippen molar-refractivity contribution in [2.75, 3.05) is 25.4 Å². The van der Waals surface area contributed by atoms with Gasteiger partial charge < -0.3 is 5.11 Å². The fraction of sp³-hybridized carbons (Fsp3) is 1.00. The summed E-state index contributed by atoms with van der Waals surface area (Å²) in [7, 11) is -3.96. The molecule has 0 aromatic heterocycles. The highest BCUT2D eigenvalue weighted by atomic mass is 32.2. The SMILES string of the molecule is CC(C)CS(=O)(=O)N(CCO)CC(F)(F)F. The van der Waals surface area contributed by atoms with Crippen LogP contribution in [0.2, 0.25) is 0 Å². The van der Waals surface area contributed by atoms with Gasteiger partial charge in [-0.25, -0.2) is 8.42 Å². The van der Waals surface area contributed by atoms with Crippen LogP contribution < -0.4 is 0 Å². The molecule has 0 aliphatic rings. The summed E-state index contributed by atoms with van der Waals surface area (Å²) >= 11 is 0. The lowest BCUT2D eigenvalue weighted by atomic mass is 10.3. The Kier molecular flexibility index (Phi) is 5.71. The fourth-order valence-electron chi connectivity index (χ4n) is 1.15. The van der Waals surface area contributed by atoms with Gasteiger partial charge in [-0.3, -0.25) is 0 Å². The zero-order valence-corrected chi connectivity index (χ0v) is 9.98. The molecule has 0 aliphatic heterocycles. The molecule has 0 amide bonds. The number of sulfonamides is 1. The molecule has 16 heavy (non-hydrogen) atoms. The lowest BCUT2D eigenvalue weighted by Gasteiger charge is -2.23. The number of nitrogens with zero attached hydrogens (tertiary/aromatic N) is 1. The predicted molar refractivity (Wildman–Crippen MR) is 53.3 cm³/mol. The minimum atomic E-state index is -4.60. The molecule has 0 saturated carbocycles. The monoisotopic (exact) mass is 263 g/mol. The van der Waals surface area contributed by atoms with Gasteiger partial charge in [-0.05, 0) is 5.92 Å². The van der Waals surface area contributed by atoms with E-state index in [1.165, 1.54) is 0 Å². The van der Waals surface area contributed by atoms with Crippen LogP contribution >= 0.6 is 0 Å². The van der Waals surface area contributed by atoms with E-state index in [4.69, 9.17) is 5.11 Å². The topological polar surface area (TPSA) is 57.6 Å². The number of hydrogen-bond donors (Lipinski definition) is 1. The summed E-state index contributed by atoms with van der Waals surface area (Å²) in [5.74, 6) is -0.622. The van der Waals surface area contributed by atoms with Gasteiger partial charge >= 0.3 is 6.18 Å². The van der Waals surface area contributed by atoms with Crippen LogP contribution in [-0.4, -0.2) is 49.5 Å². The van der Waals surface area contributed by atoms with Crippen LogP contribution in [0.15, 0.2) is 0 Å². The lowest BCUT2D eigenvalue weighted by Crippen LogP contribution is -2.42. The molecule has 0 spiro atoms. The molecule has 0 heterocycles. The average Bonchev–Trinajstić information content (AvgIpc) is 1.98. The van der Waals surface area contributed by atoms with Gasteiger partial charge in [-0.15, -0.1) is 0 Å². The predicted octanol–water partition coefficient (Wildman–Crippen LogP) is 0.829. The number of rotatable bonds is 6. The van der Waals surface area contributed by atoms with E-state index in [0.717, 1.165) is 0 Å². The van der Waals surface area contributed by atoms with Gasteiger partial charge in [0.1, 0.15) is 6.54 Å². The van der Waals surface area contributed by atoms with E-state index < -0.39 is 35.9 Å². The van der Waals surface area contributed by atoms with Crippen LogP contribution in [0.1, 0.15) is 13.8 Å². The molecular weight excluding hydrogens is 247 g/mol. The third kappa shape index (κ3) is 6.29. The maximum absolute atomic E-state index is 12.1. The van der Waals surface area contributed by atoms with E-state index in [0.29, 0.717) is 0 Å². The summed E-state index contributed by atoms with van der Waals surface area (Å²) < 4.78 is 59.6. The Morgan fingerprint density at radius 1 is 1.31 bits per heavy atom. The van der Waals surface area contributed by atoms with Crippen LogP contribution in [0.5, 0.6) is 0 Å². The van der Waals surface area contributed by atoms with Gasteiger partial charge in [0.2, 0.25) is 10.0 Å². The molecule has 0 rings (SSSR count). The molecule has 0 radical (unpaired) electrons. The Morgan fingerprint density at radius 2 is 1.81 bits per heavy atom. The molecule has 0 aromatic rings. The minimum Gasteiger partial charge on any atom is -0.395 e. The molecule has 8 heteroatoms. The Hall–Kier alpha value is -0.340. The first-order valence-electron chi connectivity index (χ1n) is 4.74. The Labute approximate surface area is 93.1 Å². The molecule has 0 bridgehead atoms. The number of halogens is 3. The number of alkyl halides is 3. The first kappa shape index (κ1) is 15.7. The summed E-state index contributed by atoms with van der Waals surface area (Å²) in [5, 5.41) is 8.56. The zero-order chi connectivity index (χ0) is 13.0. The minimum absolute atomic E-state index is 0.264. The normalized spacial score (nSPS) is 13.8. The summed E-state index contributed by atoms with van der Waals surface area (Å²) in [6.07, 6.45) is -4.60. The van der Waals surface area contributed by atoms with E-state index >= 15 is 0 Å². The van der Waals surface area contributed by atoms with Crippen molar-refractivity contribution in [3.05, 3.63) is 0 Å². The third-order valence-corrected chi connectivity index (χ3v) is 3.83. The fourth-order valence-corrected chi connectivity index (χ4v) is 2.91. The molecule has 4 nitrogen and oxygen atoms in total. The Morgan fingerprint density at radius 3 is 2.12 bits per heavy atom. The first-order valence-corrected chi connectivity index (χ1v) is 6.35. The second-order valence-electron chi connectivity index (χ2n) is 3.84. The zero-order valence-electron chi connectivity index (χ0n) is 9.16. The molecular formula is C8H16F3NO3S. The second kappa shape index (κ2) is 5.83. The standard InChI is InChI=1S/C8H16F3NO3S/c1-7(2)5-16(14,15)12(3-4-13)6-8(9,10)11/h7,13H,3-6H2,1-2H3. The van der Waals surface area contributed by atoms with Gasteiger partial charge in [0.15, 0.2) is 0 Å². The van der Waals surface area contributed by atoms with Gasteiger partial charge in [-0.2, -0.15) is 17.5 Å².